The van der Waals surface area contributed by atoms with Crippen molar-refractivity contribution in [3.63, 3.8) is 0 Å². The van der Waals surface area contributed by atoms with Gasteiger partial charge in [-0.1, -0.05) is 6.07 Å². The number of hydrogen-bond acceptors (Lipinski definition) is 6. The molecule has 0 radical (unpaired) electrons. The molecule has 1 heterocycles. The van der Waals surface area contributed by atoms with Crippen molar-refractivity contribution >= 4 is 23.5 Å². The summed E-state index contributed by atoms with van der Waals surface area (Å²) >= 11 is 5.94. The van der Waals surface area contributed by atoms with Gasteiger partial charge in [0, 0.05) is 5.38 Å². The zero-order valence-electron chi connectivity index (χ0n) is 11.8. The molecule has 7 heteroatoms. The molecule has 1 aliphatic rings. The molecule has 0 bridgehead atoms. The Morgan fingerprint density at radius 3 is 2.29 bits per heavy atom. The molecular weight excluding hydrogens is 300 g/mol. The van der Waals surface area contributed by atoms with Gasteiger partial charge in [0.1, 0.15) is 0 Å². The van der Waals surface area contributed by atoms with Gasteiger partial charge in [0.15, 0.2) is 11.5 Å². The molecule has 0 unspecified atom stereocenters. The quantitative estimate of drug-likeness (QED) is 0.478. The number of alkyl halides is 1. The minimum atomic E-state index is -2.25. The van der Waals surface area contributed by atoms with Crippen molar-refractivity contribution in [3.05, 3.63) is 23.8 Å². The van der Waals surface area contributed by atoms with Crippen LogP contribution in [-0.2, 0) is 25.5 Å². The molecule has 21 heavy (non-hydrogen) atoms. The van der Waals surface area contributed by atoms with E-state index in [9.17, 15) is 9.59 Å². The van der Waals surface area contributed by atoms with Crippen LogP contribution in [0.2, 0.25) is 0 Å². The fraction of sp³-hybridized carbons (Fsp3) is 0.429. The molecule has 1 atom stereocenters. The zero-order valence-corrected chi connectivity index (χ0v) is 12.6. The first kappa shape index (κ1) is 15.4. The number of methoxy groups -OCH3 is 2. The number of carbonyl (C=O) groups is 2. The highest BCUT2D eigenvalue weighted by molar-refractivity contribution is 6.20. The van der Waals surface area contributed by atoms with E-state index < -0.39 is 17.7 Å². The molecule has 114 valence electrons. The molecule has 0 amide bonds. The Labute approximate surface area is 126 Å². The first-order chi connectivity index (χ1) is 9.92. The number of esters is 2. The number of benzene rings is 1. The lowest BCUT2D eigenvalue weighted by Crippen LogP contribution is -2.55. The van der Waals surface area contributed by atoms with Crippen molar-refractivity contribution in [2.75, 3.05) is 14.2 Å². The van der Waals surface area contributed by atoms with E-state index in [2.05, 4.69) is 9.47 Å². The summed E-state index contributed by atoms with van der Waals surface area (Å²) in [4.78, 5) is 23.7. The second-order valence-electron chi connectivity index (χ2n) is 4.57. The largest absolute Gasteiger partial charge is 0.463 e. The van der Waals surface area contributed by atoms with Gasteiger partial charge in [0.2, 0.25) is 0 Å². The maximum absolute atomic E-state index is 11.9. The van der Waals surface area contributed by atoms with E-state index in [4.69, 9.17) is 21.1 Å². The summed E-state index contributed by atoms with van der Waals surface area (Å²) in [6.45, 7) is 1.86. The van der Waals surface area contributed by atoms with Gasteiger partial charge in [0.25, 0.3) is 0 Å². The standard InChI is InChI=1S/C14H15ClO6/c1-8(15)6-9-4-5-10-11(7-9)21-14(20-10,12(16)18-2)13(17)19-3/h4-5,7-8H,6H2,1-3H3/t8-/m0/s1. The average molecular weight is 315 g/mol. The molecular formula is C14H15ClO6. The van der Waals surface area contributed by atoms with E-state index in [0.29, 0.717) is 6.42 Å². The number of fused-ring (bicyclic) bond motifs is 1. The third-order valence-electron chi connectivity index (χ3n) is 2.94. The minimum Gasteiger partial charge on any atom is -0.463 e. The summed E-state index contributed by atoms with van der Waals surface area (Å²) in [5.41, 5.74) is 0.894. The van der Waals surface area contributed by atoms with Crippen molar-refractivity contribution < 1.29 is 28.5 Å². The monoisotopic (exact) mass is 314 g/mol. The van der Waals surface area contributed by atoms with Crippen molar-refractivity contribution in [3.8, 4) is 11.5 Å². The molecule has 0 saturated heterocycles. The molecule has 1 aromatic carbocycles. The van der Waals surface area contributed by atoms with Gasteiger partial charge in [-0.05, 0) is 31.0 Å². The Hall–Kier alpha value is -1.95. The van der Waals surface area contributed by atoms with Crippen LogP contribution < -0.4 is 9.47 Å². The molecule has 0 saturated carbocycles. The van der Waals surface area contributed by atoms with E-state index in [1.54, 1.807) is 18.2 Å². The van der Waals surface area contributed by atoms with Crippen LogP contribution in [0.15, 0.2) is 18.2 Å². The molecule has 1 aromatic rings. The highest BCUT2D eigenvalue weighted by Crippen LogP contribution is 2.41. The van der Waals surface area contributed by atoms with E-state index in [1.807, 2.05) is 6.92 Å². The van der Waals surface area contributed by atoms with Gasteiger partial charge in [-0.3, -0.25) is 0 Å². The number of halogens is 1. The van der Waals surface area contributed by atoms with Crippen molar-refractivity contribution in [1.82, 2.24) is 0 Å². The molecule has 0 aliphatic carbocycles. The molecule has 0 fully saturated rings. The molecule has 6 nitrogen and oxygen atoms in total. The third kappa shape index (κ3) is 2.76. The lowest BCUT2D eigenvalue weighted by atomic mass is 10.1. The van der Waals surface area contributed by atoms with Gasteiger partial charge >= 0.3 is 17.7 Å². The molecule has 0 spiro atoms. The average Bonchev–Trinajstić information content (AvgIpc) is 2.84. The fourth-order valence-electron chi connectivity index (χ4n) is 2.02. The van der Waals surface area contributed by atoms with E-state index in [-0.39, 0.29) is 16.9 Å². The van der Waals surface area contributed by atoms with Gasteiger partial charge in [-0.2, -0.15) is 0 Å². The van der Waals surface area contributed by atoms with Crippen LogP contribution in [0.1, 0.15) is 12.5 Å². The normalized spacial score (nSPS) is 16.2. The minimum absolute atomic E-state index is 0.0589. The first-order valence-electron chi connectivity index (χ1n) is 6.24. The summed E-state index contributed by atoms with van der Waals surface area (Å²) in [6, 6.07) is 5.06. The van der Waals surface area contributed by atoms with Crippen LogP contribution >= 0.6 is 11.6 Å². The van der Waals surface area contributed by atoms with Crippen molar-refractivity contribution in [1.29, 1.82) is 0 Å². The zero-order chi connectivity index (χ0) is 15.6. The molecule has 2 rings (SSSR count). The lowest BCUT2D eigenvalue weighted by Gasteiger charge is -2.21. The number of rotatable bonds is 4. The van der Waals surface area contributed by atoms with Crippen LogP contribution in [0, 0.1) is 0 Å². The highest BCUT2D eigenvalue weighted by Gasteiger charge is 2.59. The Kier molecular flexibility index (Phi) is 4.27. The number of hydrogen-bond donors (Lipinski definition) is 0. The number of carbonyl (C=O) groups excluding carboxylic acids is 2. The molecule has 0 N–H and O–H groups in total. The molecule has 0 aromatic heterocycles. The van der Waals surface area contributed by atoms with Crippen LogP contribution in [0.4, 0.5) is 0 Å². The van der Waals surface area contributed by atoms with Gasteiger partial charge in [-0.15, -0.1) is 11.6 Å². The van der Waals surface area contributed by atoms with Crippen LogP contribution in [0.5, 0.6) is 11.5 Å². The summed E-state index contributed by atoms with van der Waals surface area (Å²) in [5, 5.41) is -0.0589. The van der Waals surface area contributed by atoms with Gasteiger partial charge in [0.05, 0.1) is 14.2 Å². The maximum Gasteiger partial charge on any atom is 0.453 e. The highest BCUT2D eigenvalue weighted by atomic mass is 35.5. The maximum atomic E-state index is 11.9. The van der Waals surface area contributed by atoms with E-state index in [1.165, 1.54) is 0 Å². The fourth-order valence-corrected chi connectivity index (χ4v) is 2.20. The predicted octanol–water partition coefficient (Wildman–Crippen LogP) is 1.67. The SMILES string of the molecule is COC(=O)C1(C(=O)OC)Oc2ccc(C[C@H](C)Cl)cc2O1. The van der Waals surface area contributed by atoms with Crippen molar-refractivity contribution in [2.45, 2.75) is 24.5 Å². The van der Waals surface area contributed by atoms with Crippen LogP contribution in [0.25, 0.3) is 0 Å². The molecule has 1 aliphatic heterocycles. The Morgan fingerprint density at radius 1 is 1.19 bits per heavy atom. The predicted molar refractivity (Wildman–Crippen MR) is 73.5 cm³/mol. The Balaban J connectivity index is 2.35. The topological polar surface area (TPSA) is 71.1 Å². The lowest BCUT2D eigenvalue weighted by molar-refractivity contribution is -0.199. The van der Waals surface area contributed by atoms with Gasteiger partial charge < -0.3 is 18.9 Å². The smallest absolute Gasteiger partial charge is 0.453 e. The van der Waals surface area contributed by atoms with Gasteiger partial charge in [-0.25, -0.2) is 9.59 Å². The second-order valence-corrected chi connectivity index (χ2v) is 5.31. The van der Waals surface area contributed by atoms with Crippen LogP contribution in [-0.4, -0.2) is 37.3 Å². The summed E-state index contributed by atoms with van der Waals surface area (Å²) in [6.07, 6.45) is 0.613. The number of ether oxygens (including phenoxy) is 4. The summed E-state index contributed by atoms with van der Waals surface area (Å²) in [5.74, 6) is -3.70. The first-order valence-corrected chi connectivity index (χ1v) is 6.68. The Bertz CT molecular complexity index is 553. The summed E-state index contributed by atoms with van der Waals surface area (Å²) in [7, 11) is 2.26. The van der Waals surface area contributed by atoms with Crippen LogP contribution in [0.3, 0.4) is 0 Å². The van der Waals surface area contributed by atoms with E-state index in [0.717, 1.165) is 19.8 Å². The van der Waals surface area contributed by atoms with E-state index >= 15 is 0 Å². The second kappa shape index (κ2) is 5.81. The van der Waals surface area contributed by atoms with Crippen molar-refractivity contribution in [2.24, 2.45) is 0 Å². The Morgan fingerprint density at radius 2 is 1.76 bits per heavy atom. The third-order valence-corrected chi connectivity index (χ3v) is 3.10. The summed E-state index contributed by atoms with van der Waals surface area (Å²) < 4.78 is 19.9.